The summed E-state index contributed by atoms with van der Waals surface area (Å²) in [6.07, 6.45) is 12.0. The highest BCUT2D eigenvalue weighted by molar-refractivity contribution is 5.06. The minimum Gasteiger partial charge on any atom is -0.366 e. The molecule has 0 saturated carbocycles. The maximum absolute atomic E-state index is 6.02. The maximum atomic E-state index is 6.02. The van der Waals surface area contributed by atoms with Gasteiger partial charge in [0.15, 0.2) is 0 Å². The molecule has 2 rings (SSSR count). The van der Waals surface area contributed by atoms with E-state index in [0.29, 0.717) is 24.0 Å². The summed E-state index contributed by atoms with van der Waals surface area (Å²) in [6, 6.07) is 0. The van der Waals surface area contributed by atoms with Crippen molar-refractivity contribution in [1.29, 1.82) is 0 Å². The van der Waals surface area contributed by atoms with Crippen molar-refractivity contribution in [2.24, 2.45) is 11.8 Å². The van der Waals surface area contributed by atoms with Gasteiger partial charge < -0.3 is 4.74 Å². The second-order valence-electron chi connectivity index (χ2n) is 4.35. The molecule has 72 valence electrons. The summed E-state index contributed by atoms with van der Waals surface area (Å²) >= 11 is 0. The lowest BCUT2D eigenvalue weighted by Gasteiger charge is -2.23. The first-order valence-corrected chi connectivity index (χ1v) is 5.26. The predicted octanol–water partition coefficient (Wildman–Crippen LogP) is 2.93. The van der Waals surface area contributed by atoms with Crippen molar-refractivity contribution in [3.63, 3.8) is 0 Å². The van der Waals surface area contributed by atoms with Crippen LogP contribution in [0.4, 0.5) is 0 Å². The monoisotopic (exact) mass is 178 g/mol. The zero-order chi connectivity index (χ0) is 9.26. The Morgan fingerprint density at radius 1 is 0.923 bits per heavy atom. The maximum Gasteiger partial charge on any atom is 0.0792 e. The molecule has 1 heteroatoms. The molecular formula is C12H18O. The third-order valence-corrected chi connectivity index (χ3v) is 3.10. The normalized spacial score (nSPS) is 43.2. The van der Waals surface area contributed by atoms with Gasteiger partial charge in [0.1, 0.15) is 0 Å². The van der Waals surface area contributed by atoms with Crippen molar-refractivity contribution in [3.8, 4) is 0 Å². The molecule has 0 aromatic rings. The van der Waals surface area contributed by atoms with Gasteiger partial charge >= 0.3 is 0 Å². The van der Waals surface area contributed by atoms with Crippen LogP contribution in [0.2, 0.25) is 0 Å². The molecule has 0 aromatic heterocycles. The fourth-order valence-electron chi connectivity index (χ4n) is 2.04. The van der Waals surface area contributed by atoms with E-state index in [1.54, 1.807) is 0 Å². The number of rotatable bonds is 2. The minimum absolute atomic E-state index is 0.357. The summed E-state index contributed by atoms with van der Waals surface area (Å²) in [4.78, 5) is 0. The molecule has 0 radical (unpaired) electrons. The van der Waals surface area contributed by atoms with Crippen LogP contribution in [-0.2, 0) is 4.74 Å². The zero-order valence-electron chi connectivity index (χ0n) is 8.44. The van der Waals surface area contributed by atoms with Gasteiger partial charge in [0.25, 0.3) is 0 Å². The first-order chi connectivity index (χ1) is 6.27. The molecule has 0 N–H and O–H groups in total. The molecular weight excluding hydrogens is 160 g/mol. The van der Waals surface area contributed by atoms with Gasteiger partial charge in [-0.15, -0.1) is 0 Å². The largest absolute Gasteiger partial charge is 0.366 e. The first-order valence-electron chi connectivity index (χ1n) is 5.26. The second kappa shape index (κ2) is 3.67. The van der Waals surface area contributed by atoms with Gasteiger partial charge in [0.05, 0.1) is 12.2 Å². The van der Waals surface area contributed by atoms with E-state index in [4.69, 9.17) is 4.74 Å². The second-order valence-corrected chi connectivity index (χ2v) is 4.35. The number of ether oxygens (including phenoxy) is 1. The fraction of sp³-hybridized carbons (Fsp3) is 0.667. The van der Waals surface area contributed by atoms with E-state index in [0.717, 1.165) is 0 Å². The number of hydrogen-bond acceptors (Lipinski definition) is 1. The average Bonchev–Trinajstić information content (AvgIpc) is 2.65. The summed E-state index contributed by atoms with van der Waals surface area (Å²) in [7, 11) is 0. The Bertz CT molecular complexity index is 205. The molecule has 4 atom stereocenters. The highest BCUT2D eigenvalue weighted by Gasteiger charge is 2.26. The smallest absolute Gasteiger partial charge is 0.0792 e. The van der Waals surface area contributed by atoms with Gasteiger partial charge in [-0.3, -0.25) is 0 Å². The Morgan fingerprint density at radius 3 is 1.69 bits per heavy atom. The molecule has 2 aliphatic carbocycles. The summed E-state index contributed by atoms with van der Waals surface area (Å²) in [5.41, 5.74) is 0. The zero-order valence-corrected chi connectivity index (χ0v) is 8.44. The van der Waals surface area contributed by atoms with Gasteiger partial charge in [-0.1, -0.05) is 38.2 Å². The lowest BCUT2D eigenvalue weighted by Crippen LogP contribution is -2.25. The standard InChI is InChI=1S/C12H18O/c1-9-5-3-7-11(9)13-12-8-4-6-10(12)2/h3-4,7-12H,5-6H2,1-2H3. The molecule has 0 aromatic carbocycles. The van der Waals surface area contributed by atoms with Crippen LogP contribution in [0.3, 0.4) is 0 Å². The average molecular weight is 178 g/mol. The molecule has 0 amide bonds. The summed E-state index contributed by atoms with van der Waals surface area (Å²) < 4.78 is 6.02. The van der Waals surface area contributed by atoms with E-state index in [2.05, 4.69) is 38.2 Å². The quantitative estimate of drug-likeness (QED) is 0.591. The van der Waals surface area contributed by atoms with Crippen LogP contribution in [0, 0.1) is 11.8 Å². The Morgan fingerprint density at radius 2 is 1.38 bits per heavy atom. The van der Waals surface area contributed by atoms with Gasteiger partial charge in [-0.25, -0.2) is 0 Å². The topological polar surface area (TPSA) is 9.23 Å². The lowest BCUT2D eigenvalue weighted by molar-refractivity contribution is -0.00202. The Labute approximate surface area is 80.5 Å². The number of allylic oxidation sites excluding steroid dienone is 2. The van der Waals surface area contributed by atoms with Gasteiger partial charge in [-0.05, 0) is 24.7 Å². The van der Waals surface area contributed by atoms with Crippen molar-refractivity contribution < 1.29 is 4.74 Å². The first kappa shape index (κ1) is 9.01. The molecule has 4 unspecified atom stereocenters. The summed E-state index contributed by atoms with van der Waals surface area (Å²) in [6.45, 7) is 4.52. The van der Waals surface area contributed by atoms with Gasteiger partial charge in [0.2, 0.25) is 0 Å². The Kier molecular flexibility index (Phi) is 2.54. The molecule has 1 nitrogen and oxygen atoms in total. The fourth-order valence-corrected chi connectivity index (χ4v) is 2.04. The lowest BCUT2D eigenvalue weighted by atomic mass is 10.1. The van der Waals surface area contributed by atoms with Crippen molar-refractivity contribution in [2.75, 3.05) is 0 Å². The van der Waals surface area contributed by atoms with Crippen molar-refractivity contribution in [3.05, 3.63) is 24.3 Å². The van der Waals surface area contributed by atoms with Gasteiger partial charge in [-0.2, -0.15) is 0 Å². The predicted molar refractivity (Wildman–Crippen MR) is 54.5 cm³/mol. The van der Waals surface area contributed by atoms with Crippen LogP contribution in [-0.4, -0.2) is 12.2 Å². The molecule has 2 aliphatic rings. The van der Waals surface area contributed by atoms with Crippen molar-refractivity contribution >= 4 is 0 Å². The Balaban J connectivity index is 1.90. The molecule has 0 heterocycles. The highest BCUT2D eigenvalue weighted by Crippen LogP contribution is 2.28. The van der Waals surface area contributed by atoms with Crippen LogP contribution in [0.25, 0.3) is 0 Å². The number of hydrogen-bond donors (Lipinski definition) is 0. The molecule has 0 saturated heterocycles. The van der Waals surface area contributed by atoms with Gasteiger partial charge in [0, 0.05) is 0 Å². The van der Waals surface area contributed by atoms with E-state index < -0.39 is 0 Å². The SMILES string of the molecule is CC1CC=CC1OC1C=CCC1C. The molecule has 0 spiro atoms. The van der Waals surface area contributed by atoms with Crippen molar-refractivity contribution in [2.45, 2.75) is 38.9 Å². The van der Waals surface area contributed by atoms with Crippen molar-refractivity contribution in [1.82, 2.24) is 0 Å². The molecule has 0 aliphatic heterocycles. The van der Waals surface area contributed by atoms with E-state index in [-0.39, 0.29) is 0 Å². The highest BCUT2D eigenvalue weighted by atomic mass is 16.5. The van der Waals surface area contributed by atoms with Crippen LogP contribution in [0.5, 0.6) is 0 Å². The van der Waals surface area contributed by atoms with E-state index in [1.807, 2.05) is 0 Å². The molecule has 0 bridgehead atoms. The summed E-state index contributed by atoms with van der Waals surface area (Å²) in [5, 5.41) is 0. The molecule has 13 heavy (non-hydrogen) atoms. The summed E-state index contributed by atoms with van der Waals surface area (Å²) in [5.74, 6) is 1.34. The van der Waals surface area contributed by atoms with E-state index >= 15 is 0 Å². The minimum atomic E-state index is 0.357. The van der Waals surface area contributed by atoms with Crippen LogP contribution in [0.1, 0.15) is 26.7 Å². The third-order valence-electron chi connectivity index (χ3n) is 3.10. The van der Waals surface area contributed by atoms with Crippen LogP contribution >= 0.6 is 0 Å². The van der Waals surface area contributed by atoms with Crippen LogP contribution in [0.15, 0.2) is 24.3 Å². The van der Waals surface area contributed by atoms with Crippen LogP contribution < -0.4 is 0 Å². The Hall–Kier alpha value is -0.560. The van der Waals surface area contributed by atoms with E-state index in [9.17, 15) is 0 Å². The van der Waals surface area contributed by atoms with E-state index in [1.165, 1.54) is 12.8 Å². The molecule has 0 fully saturated rings. The third kappa shape index (κ3) is 1.86.